The third-order valence-corrected chi connectivity index (χ3v) is 6.61. The van der Waals surface area contributed by atoms with Crippen LogP contribution in [0.5, 0.6) is 0 Å². The zero-order valence-corrected chi connectivity index (χ0v) is 13.0. The Kier molecular flexibility index (Phi) is 3.54. The number of sulfone groups is 1. The highest BCUT2D eigenvalue weighted by Crippen LogP contribution is 2.31. The molecule has 0 radical (unpaired) electrons. The SMILES string of the molecule is CC1(NC2=NC(c3ccccc3)CS2)CCS(=O)(=O)C1. The Bertz CT molecular complexity index is 628. The first-order valence-electron chi connectivity index (χ1n) is 6.70. The van der Waals surface area contributed by atoms with Gasteiger partial charge in [0, 0.05) is 5.75 Å². The van der Waals surface area contributed by atoms with Crippen molar-refractivity contribution in [2.24, 2.45) is 4.99 Å². The molecule has 2 aliphatic rings. The van der Waals surface area contributed by atoms with E-state index in [1.165, 1.54) is 5.56 Å². The van der Waals surface area contributed by atoms with E-state index in [2.05, 4.69) is 22.4 Å². The molecular weight excluding hydrogens is 292 g/mol. The van der Waals surface area contributed by atoms with Gasteiger partial charge in [-0.3, -0.25) is 4.99 Å². The van der Waals surface area contributed by atoms with Gasteiger partial charge in [0.25, 0.3) is 0 Å². The molecule has 2 atom stereocenters. The van der Waals surface area contributed by atoms with Crippen LogP contribution in [0.4, 0.5) is 0 Å². The van der Waals surface area contributed by atoms with E-state index in [0.717, 1.165) is 10.9 Å². The lowest BCUT2D eigenvalue weighted by molar-refractivity contribution is 0.474. The van der Waals surface area contributed by atoms with Crippen molar-refractivity contribution in [3.63, 3.8) is 0 Å². The van der Waals surface area contributed by atoms with E-state index in [4.69, 9.17) is 0 Å². The average molecular weight is 310 g/mol. The lowest BCUT2D eigenvalue weighted by Crippen LogP contribution is -2.45. The molecule has 0 aromatic heterocycles. The van der Waals surface area contributed by atoms with Crippen molar-refractivity contribution in [2.45, 2.75) is 24.9 Å². The van der Waals surface area contributed by atoms with Crippen molar-refractivity contribution in [1.82, 2.24) is 5.32 Å². The normalized spacial score (nSPS) is 32.0. The van der Waals surface area contributed by atoms with E-state index in [0.29, 0.717) is 6.42 Å². The van der Waals surface area contributed by atoms with Crippen LogP contribution in [0.3, 0.4) is 0 Å². The van der Waals surface area contributed by atoms with Gasteiger partial charge in [-0.1, -0.05) is 42.1 Å². The molecule has 20 heavy (non-hydrogen) atoms. The van der Waals surface area contributed by atoms with E-state index >= 15 is 0 Å². The third kappa shape index (κ3) is 3.01. The second-order valence-corrected chi connectivity index (χ2v) is 8.89. The van der Waals surface area contributed by atoms with E-state index in [1.807, 2.05) is 25.1 Å². The van der Waals surface area contributed by atoms with E-state index in [9.17, 15) is 8.42 Å². The van der Waals surface area contributed by atoms with Gasteiger partial charge in [0.05, 0.1) is 23.1 Å². The molecule has 1 aromatic carbocycles. The standard InChI is InChI=1S/C14H18N2O2S2/c1-14(7-8-20(17,18)10-14)16-13-15-12(9-19-13)11-5-3-2-4-6-11/h2-6,12H,7-10H2,1H3,(H,15,16). The van der Waals surface area contributed by atoms with Gasteiger partial charge in [0.2, 0.25) is 0 Å². The summed E-state index contributed by atoms with van der Waals surface area (Å²) in [4.78, 5) is 4.69. The molecule has 0 aliphatic carbocycles. The Hall–Kier alpha value is -1.01. The second kappa shape index (κ2) is 5.07. The third-order valence-electron chi connectivity index (χ3n) is 3.75. The van der Waals surface area contributed by atoms with Crippen LogP contribution in [0.2, 0.25) is 0 Å². The topological polar surface area (TPSA) is 58.5 Å². The fraction of sp³-hybridized carbons (Fsp3) is 0.500. The lowest BCUT2D eigenvalue weighted by Gasteiger charge is -2.24. The maximum atomic E-state index is 11.6. The van der Waals surface area contributed by atoms with Crippen LogP contribution in [0, 0.1) is 0 Å². The van der Waals surface area contributed by atoms with Gasteiger partial charge in [-0.25, -0.2) is 8.42 Å². The summed E-state index contributed by atoms with van der Waals surface area (Å²) in [6.07, 6.45) is 0.658. The van der Waals surface area contributed by atoms with Crippen molar-refractivity contribution in [2.75, 3.05) is 17.3 Å². The summed E-state index contributed by atoms with van der Waals surface area (Å²) < 4.78 is 23.2. The predicted octanol–water partition coefficient (Wildman–Crippen LogP) is 2.00. The summed E-state index contributed by atoms with van der Waals surface area (Å²) in [7, 11) is -2.89. The summed E-state index contributed by atoms with van der Waals surface area (Å²) in [6, 6.07) is 10.4. The first kappa shape index (κ1) is 13.9. The molecule has 0 amide bonds. The molecule has 108 valence electrons. The summed E-state index contributed by atoms with van der Waals surface area (Å²) in [5.74, 6) is 1.39. The monoisotopic (exact) mass is 310 g/mol. The van der Waals surface area contributed by atoms with Gasteiger partial charge in [-0.05, 0) is 18.9 Å². The van der Waals surface area contributed by atoms with Gasteiger partial charge >= 0.3 is 0 Å². The van der Waals surface area contributed by atoms with Crippen molar-refractivity contribution in [1.29, 1.82) is 0 Å². The van der Waals surface area contributed by atoms with Crippen LogP contribution in [0.15, 0.2) is 35.3 Å². The molecule has 2 unspecified atom stereocenters. The number of nitrogens with zero attached hydrogens (tertiary/aromatic N) is 1. The van der Waals surface area contributed by atoms with Gasteiger partial charge in [0.15, 0.2) is 15.0 Å². The first-order valence-corrected chi connectivity index (χ1v) is 9.51. The van der Waals surface area contributed by atoms with Gasteiger partial charge in [0.1, 0.15) is 0 Å². The summed E-state index contributed by atoms with van der Waals surface area (Å²) in [5.41, 5.74) is 0.844. The van der Waals surface area contributed by atoms with Crippen molar-refractivity contribution in [3.8, 4) is 0 Å². The molecule has 3 rings (SSSR count). The van der Waals surface area contributed by atoms with Crippen LogP contribution < -0.4 is 5.32 Å². The highest BCUT2D eigenvalue weighted by molar-refractivity contribution is 8.14. The highest BCUT2D eigenvalue weighted by Gasteiger charge is 2.39. The molecule has 0 saturated carbocycles. The Labute approximate surface area is 124 Å². The van der Waals surface area contributed by atoms with E-state index in [1.54, 1.807) is 11.8 Å². The van der Waals surface area contributed by atoms with Crippen LogP contribution >= 0.6 is 11.8 Å². The molecule has 0 spiro atoms. The Morgan fingerprint density at radius 1 is 1.35 bits per heavy atom. The number of benzene rings is 1. The number of hydrogen-bond donors (Lipinski definition) is 1. The molecule has 1 aromatic rings. The highest BCUT2D eigenvalue weighted by atomic mass is 32.2. The Balaban J connectivity index is 1.71. The molecule has 6 heteroatoms. The average Bonchev–Trinajstić information content (AvgIpc) is 2.95. The van der Waals surface area contributed by atoms with Gasteiger partial charge in [-0.2, -0.15) is 0 Å². The maximum absolute atomic E-state index is 11.6. The predicted molar refractivity (Wildman–Crippen MR) is 83.9 cm³/mol. The molecule has 4 nitrogen and oxygen atoms in total. The number of nitrogens with one attached hydrogen (secondary N) is 1. The molecule has 2 aliphatic heterocycles. The van der Waals surface area contributed by atoms with Crippen molar-refractivity contribution >= 4 is 26.8 Å². The number of amidine groups is 1. The van der Waals surface area contributed by atoms with Crippen LogP contribution in [0.1, 0.15) is 24.9 Å². The molecule has 1 fully saturated rings. The van der Waals surface area contributed by atoms with Crippen LogP contribution in [-0.2, 0) is 9.84 Å². The number of hydrogen-bond acceptors (Lipinski definition) is 5. The first-order chi connectivity index (χ1) is 9.46. The fourth-order valence-corrected chi connectivity index (χ4v) is 5.85. The Morgan fingerprint density at radius 2 is 2.10 bits per heavy atom. The van der Waals surface area contributed by atoms with Gasteiger partial charge < -0.3 is 5.32 Å². The zero-order valence-electron chi connectivity index (χ0n) is 11.4. The molecule has 1 saturated heterocycles. The number of rotatable bonds is 2. The largest absolute Gasteiger partial charge is 0.359 e. The number of thioether (sulfide) groups is 1. The second-order valence-electron chi connectivity index (χ2n) is 5.70. The molecule has 2 heterocycles. The summed E-state index contributed by atoms with van der Waals surface area (Å²) in [5, 5.41) is 4.22. The minimum atomic E-state index is -2.89. The fourth-order valence-electron chi connectivity index (χ4n) is 2.66. The summed E-state index contributed by atoms with van der Waals surface area (Å²) in [6.45, 7) is 1.97. The smallest absolute Gasteiger partial charge is 0.157 e. The zero-order chi connectivity index (χ0) is 14.2. The molecular formula is C14H18N2O2S2. The van der Waals surface area contributed by atoms with Crippen LogP contribution in [0.25, 0.3) is 0 Å². The quantitative estimate of drug-likeness (QED) is 0.907. The molecule has 1 N–H and O–H groups in total. The molecule has 0 bridgehead atoms. The van der Waals surface area contributed by atoms with Gasteiger partial charge in [-0.15, -0.1) is 0 Å². The van der Waals surface area contributed by atoms with Crippen LogP contribution in [-0.4, -0.2) is 36.4 Å². The van der Waals surface area contributed by atoms with E-state index < -0.39 is 9.84 Å². The number of aliphatic imine (C=N–C) groups is 1. The minimum absolute atomic E-state index is 0.172. The lowest BCUT2D eigenvalue weighted by atomic mass is 10.0. The Morgan fingerprint density at radius 3 is 2.75 bits per heavy atom. The minimum Gasteiger partial charge on any atom is -0.359 e. The summed E-state index contributed by atoms with van der Waals surface area (Å²) >= 11 is 1.67. The van der Waals surface area contributed by atoms with Crippen molar-refractivity contribution < 1.29 is 8.42 Å². The maximum Gasteiger partial charge on any atom is 0.157 e. The van der Waals surface area contributed by atoms with E-state index in [-0.39, 0.29) is 23.1 Å². The van der Waals surface area contributed by atoms with Crippen molar-refractivity contribution in [3.05, 3.63) is 35.9 Å².